The molecule has 2 rings (SSSR count). The van der Waals surface area contributed by atoms with Crippen LogP contribution in [-0.2, 0) is 11.3 Å². The fourth-order valence-electron chi connectivity index (χ4n) is 0.988. The molecule has 1 N–H and O–H groups in total. The number of rotatable bonds is 3. The first-order chi connectivity index (χ1) is 5.95. The van der Waals surface area contributed by atoms with Gasteiger partial charge in [-0.25, -0.2) is 0 Å². The third kappa shape index (κ3) is 1.78. The average molecular weight is 165 g/mol. The highest BCUT2D eigenvalue weighted by Gasteiger charge is 2.16. The number of nitrogens with zero attached hydrogens (tertiary/aromatic N) is 2. The molecule has 0 amide bonds. The molecule has 1 aromatic heterocycles. The van der Waals surface area contributed by atoms with Gasteiger partial charge < -0.3 is 10.1 Å². The zero-order chi connectivity index (χ0) is 8.23. The van der Waals surface area contributed by atoms with Crippen LogP contribution in [0.1, 0.15) is 5.69 Å². The van der Waals surface area contributed by atoms with Crippen molar-refractivity contribution < 1.29 is 4.74 Å². The first-order valence-corrected chi connectivity index (χ1v) is 4.02. The lowest BCUT2D eigenvalue weighted by molar-refractivity contribution is 0.00592. The van der Waals surface area contributed by atoms with Crippen LogP contribution < -0.4 is 5.32 Å². The van der Waals surface area contributed by atoms with E-state index in [9.17, 15) is 0 Å². The summed E-state index contributed by atoms with van der Waals surface area (Å²) in [6.45, 7) is 2.49. The van der Waals surface area contributed by atoms with Crippen molar-refractivity contribution >= 4 is 0 Å². The molecular weight excluding hydrogens is 154 g/mol. The molecular formula is C8H11N3O. The molecule has 0 aliphatic carbocycles. The fourth-order valence-corrected chi connectivity index (χ4v) is 0.988. The van der Waals surface area contributed by atoms with Crippen molar-refractivity contribution in [3.8, 4) is 0 Å². The molecule has 0 radical (unpaired) electrons. The van der Waals surface area contributed by atoms with E-state index in [0.29, 0.717) is 12.7 Å². The Morgan fingerprint density at radius 3 is 3.00 bits per heavy atom. The molecule has 4 heteroatoms. The SMILES string of the molecule is c1cnc(COC2CNC2)cn1. The third-order valence-electron chi connectivity index (χ3n) is 1.83. The predicted octanol–water partition coefficient (Wildman–Crippen LogP) is -0.0350. The first kappa shape index (κ1) is 7.64. The number of ether oxygens (including phenoxy) is 1. The highest BCUT2D eigenvalue weighted by Crippen LogP contribution is 2.02. The van der Waals surface area contributed by atoms with Gasteiger partial charge in [0.25, 0.3) is 0 Å². The lowest BCUT2D eigenvalue weighted by atomic mass is 10.2. The maximum atomic E-state index is 5.50. The van der Waals surface area contributed by atoms with Crippen LogP contribution in [0.3, 0.4) is 0 Å². The minimum atomic E-state index is 0.368. The van der Waals surface area contributed by atoms with Gasteiger partial charge in [-0.2, -0.15) is 0 Å². The Hall–Kier alpha value is -1.00. The molecule has 64 valence electrons. The smallest absolute Gasteiger partial charge is 0.0908 e. The summed E-state index contributed by atoms with van der Waals surface area (Å²) in [7, 11) is 0. The van der Waals surface area contributed by atoms with E-state index in [2.05, 4.69) is 15.3 Å². The quantitative estimate of drug-likeness (QED) is 0.683. The van der Waals surface area contributed by atoms with E-state index in [4.69, 9.17) is 4.74 Å². The third-order valence-corrected chi connectivity index (χ3v) is 1.83. The van der Waals surface area contributed by atoms with Crippen molar-refractivity contribution in [3.05, 3.63) is 24.3 Å². The molecule has 0 unspecified atom stereocenters. The molecule has 1 aromatic rings. The van der Waals surface area contributed by atoms with Crippen LogP contribution in [0.15, 0.2) is 18.6 Å². The normalized spacial score (nSPS) is 17.3. The average Bonchev–Trinajstić information content (AvgIpc) is 2.04. The second kappa shape index (κ2) is 3.60. The zero-order valence-corrected chi connectivity index (χ0v) is 6.73. The Kier molecular flexibility index (Phi) is 2.29. The molecule has 1 aliphatic heterocycles. The molecule has 4 nitrogen and oxygen atoms in total. The minimum absolute atomic E-state index is 0.368. The standard InChI is InChI=1S/C8H11N3O/c1-2-11-7(3-9-1)6-12-8-4-10-5-8/h1-3,8,10H,4-6H2. The first-order valence-electron chi connectivity index (χ1n) is 4.02. The Labute approximate surface area is 71.0 Å². The Morgan fingerprint density at radius 2 is 2.42 bits per heavy atom. The number of aromatic nitrogens is 2. The van der Waals surface area contributed by atoms with Gasteiger partial charge in [0.2, 0.25) is 0 Å². The van der Waals surface area contributed by atoms with Gasteiger partial charge in [-0.1, -0.05) is 0 Å². The van der Waals surface area contributed by atoms with Gasteiger partial charge in [0.15, 0.2) is 0 Å². The zero-order valence-electron chi connectivity index (χ0n) is 6.73. The van der Waals surface area contributed by atoms with Crippen LogP contribution >= 0.6 is 0 Å². The minimum Gasteiger partial charge on any atom is -0.369 e. The molecule has 0 spiro atoms. The second-order valence-electron chi connectivity index (χ2n) is 2.79. The van der Waals surface area contributed by atoms with E-state index in [-0.39, 0.29) is 0 Å². The van der Waals surface area contributed by atoms with E-state index in [1.807, 2.05) is 0 Å². The van der Waals surface area contributed by atoms with E-state index < -0.39 is 0 Å². The monoisotopic (exact) mass is 165 g/mol. The maximum Gasteiger partial charge on any atom is 0.0908 e. The molecule has 0 aromatic carbocycles. The molecule has 0 saturated carbocycles. The lowest BCUT2D eigenvalue weighted by Gasteiger charge is -2.26. The van der Waals surface area contributed by atoms with Gasteiger partial charge in [0, 0.05) is 25.5 Å². The van der Waals surface area contributed by atoms with E-state index in [0.717, 1.165) is 18.8 Å². The summed E-state index contributed by atoms with van der Waals surface area (Å²) in [6, 6.07) is 0. The second-order valence-corrected chi connectivity index (χ2v) is 2.79. The Bertz CT molecular complexity index is 235. The van der Waals surface area contributed by atoms with E-state index in [1.54, 1.807) is 18.6 Å². The summed E-state index contributed by atoms with van der Waals surface area (Å²) in [5.41, 5.74) is 0.893. The van der Waals surface area contributed by atoms with Gasteiger partial charge >= 0.3 is 0 Å². The summed E-state index contributed by atoms with van der Waals surface area (Å²) in [5.74, 6) is 0. The van der Waals surface area contributed by atoms with Crippen LogP contribution in [0, 0.1) is 0 Å². The van der Waals surface area contributed by atoms with Gasteiger partial charge in [-0.3, -0.25) is 9.97 Å². The Balaban J connectivity index is 1.79. The van der Waals surface area contributed by atoms with Crippen molar-refractivity contribution in [2.75, 3.05) is 13.1 Å². The van der Waals surface area contributed by atoms with Gasteiger partial charge in [0.05, 0.1) is 24.6 Å². The van der Waals surface area contributed by atoms with Gasteiger partial charge in [-0.15, -0.1) is 0 Å². The van der Waals surface area contributed by atoms with Crippen molar-refractivity contribution in [3.63, 3.8) is 0 Å². The van der Waals surface area contributed by atoms with Crippen molar-refractivity contribution in [1.29, 1.82) is 0 Å². The number of hydrogen-bond acceptors (Lipinski definition) is 4. The maximum absolute atomic E-state index is 5.50. The van der Waals surface area contributed by atoms with Crippen LogP contribution in [0.2, 0.25) is 0 Å². The molecule has 12 heavy (non-hydrogen) atoms. The summed E-state index contributed by atoms with van der Waals surface area (Å²) >= 11 is 0. The largest absolute Gasteiger partial charge is 0.369 e. The van der Waals surface area contributed by atoms with E-state index >= 15 is 0 Å². The van der Waals surface area contributed by atoms with Crippen molar-refractivity contribution in [2.45, 2.75) is 12.7 Å². The van der Waals surface area contributed by atoms with Crippen molar-refractivity contribution in [2.24, 2.45) is 0 Å². The molecule has 1 fully saturated rings. The van der Waals surface area contributed by atoms with Gasteiger partial charge in [0.1, 0.15) is 0 Å². The lowest BCUT2D eigenvalue weighted by Crippen LogP contribution is -2.48. The molecule has 0 bridgehead atoms. The molecule has 1 saturated heterocycles. The molecule has 0 atom stereocenters. The van der Waals surface area contributed by atoms with Crippen LogP contribution in [0.25, 0.3) is 0 Å². The summed E-state index contributed by atoms with van der Waals surface area (Å²) < 4.78 is 5.50. The summed E-state index contributed by atoms with van der Waals surface area (Å²) in [5, 5.41) is 3.14. The van der Waals surface area contributed by atoms with Crippen LogP contribution in [0.5, 0.6) is 0 Å². The van der Waals surface area contributed by atoms with Crippen LogP contribution in [-0.4, -0.2) is 29.2 Å². The highest BCUT2D eigenvalue weighted by molar-refractivity contribution is 4.92. The summed E-state index contributed by atoms with van der Waals surface area (Å²) in [6.07, 6.45) is 5.44. The topological polar surface area (TPSA) is 47.0 Å². The van der Waals surface area contributed by atoms with Crippen molar-refractivity contribution in [1.82, 2.24) is 15.3 Å². The molecule has 1 aliphatic rings. The van der Waals surface area contributed by atoms with Crippen LogP contribution in [0.4, 0.5) is 0 Å². The summed E-state index contributed by atoms with van der Waals surface area (Å²) in [4.78, 5) is 8.05. The van der Waals surface area contributed by atoms with Gasteiger partial charge in [-0.05, 0) is 0 Å². The molecule has 2 heterocycles. The predicted molar refractivity (Wildman–Crippen MR) is 43.5 cm³/mol. The fraction of sp³-hybridized carbons (Fsp3) is 0.500. The van der Waals surface area contributed by atoms with E-state index in [1.165, 1.54) is 0 Å². The highest BCUT2D eigenvalue weighted by atomic mass is 16.5. The number of nitrogens with one attached hydrogen (secondary N) is 1. The number of hydrogen-bond donors (Lipinski definition) is 1. The Morgan fingerprint density at radius 1 is 1.50 bits per heavy atom.